The zero-order valence-electron chi connectivity index (χ0n) is 18.6. The van der Waals surface area contributed by atoms with Gasteiger partial charge in [-0.15, -0.1) is 0 Å². The van der Waals surface area contributed by atoms with E-state index in [0.717, 1.165) is 23.9 Å². The van der Waals surface area contributed by atoms with Gasteiger partial charge < -0.3 is 19.9 Å². The molecule has 2 heterocycles. The van der Waals surface area contributed by atoms with Gasteiger partial charge >= 0.3 is 5.97 Å². The second-order valence-corrected chi connectivity index (χ2v) is 8.50. The van der Waals surface area contributed by atoms with E-state index in [0.29, 0.717) is 35.4 Å². The van der Waals surface area contributed by atoms with Gasteiger partial charge in [0.05, 0.1) is 24.7 Å². The quantitative estimate of drug-likeness (QED) is 0.595. The number of carbonyl (C=O) groups is 2. The minimum Gasteiger partial charge on any atom is -0.464 e. The minimum atomic E-state index is -0.488. The Morgan fingerprint density at radius 2 is 1.86 bits per heavy atom. The third kappa shape index (κ3) is 5.71. The molecule has 0 aliphatic carbocycles. The lowest BCUT2D eigenvalue weighted by atomic mass is 10.1. The van der Waals surface area contributed by atoms with E-state index in [4.69, 9.17) is 4.74 Å². The number of amides is 1. The van der Waals surface area contributed by atoms with Crippen molar-refractivity contribution in [1.82, 2.24) is 9.55 Å². The summed E-state index contributed by atoms with van der Waals surface area (Å²) in [5.41, 5.74) is 2.31. The van der Waals surface area contributed by atoms with Crippen molar-refractivity contribution in [2.24, 2.45) is 11.8 Å². The molecular weight excluding hydrogens is 368 g/mol. The van der Waals surface area contributed by atoms with Gasteiger partial charge in [0.15, 0.2) is 5.69 Å². The van der Waals surface area contributed by atoms with Gasteiger partial charge in [-0.05, 0) is 37.7 Å². The maximum atomic E-state index is 12.6. The Morgan fingerprint density at radius 3 is 2.41 bits per heavy atom. The first-order valence-electron chi connectivity index (χ1n) is 10.3. The molecule has 7 heteroatoms. The Labute approximate surface area is 173 Å². The summed E-state index contributed by atoms with van der Waals surface area (Å²) in [4.78, 5) is 29.1. The lowest BCUT2D eigenvalue weighted by Gasteiger charge is -2.17. The van der Waals surface area contributed by atoms with E-state index in [1.165, 1.54) is 14.0 Å². The van der Waals surface area contributed by atoms with Crippen molar-refractivity contribution in [1.29, 1.82) is 0 Å². The second kappa shape index (κ2) is 9.76. The van der Waals surface area contributed by atoms with Crippen LogP contribution in [0.3, 0.4) is 0 Å². The SMILES string of the molecule is COC(=O)c1c(NC(C)=O)c2cc(NC(C)CC(C)C)cnc2n1CCC(C)C. The maximum absolute atomic E-state index is 12.6. The van der Waals surface area contributed by atoms with E-state index in [9.17, 15) is 9.59 Å². The summed E-state index contributed by atoms with van der Waals surface area (Å²) in [5.74, 6) is 0.301. The molecule has 1 amide bonds. The van der Waals surface area contributed by atoms with E-state index in [2.05, 4.69) is 50.2 Å². The summed E-state index contributed by atoms with van der Waals surface area (Å²) in [5, 5.41) is 7.02. The summed E-state index contributed by atoms with van der Waals surface area (Å²) >= 11 is 0. The molecule has 0 aliphatic rings. The zero-order chi connectivity index (χ0) is 21.7. The first-order valence-corrected chi connectivity index (χ1v) is 10.3. The van der Waals surface area contributed by atoms with Crippen LogP contribution in [0, 0.1) is 11.8 Å². The molecule has 2 N–H and O–H groups in total. The summed E-state index contributed by atoms with van der Waals surface area (Å²) in [6.45, 7) is 12.8. The number of methoxy groups -OCH3 is 1. The zero-order valence-corrected chi connectivity index (χ0v) is 18.6. The highest BCUT2D eigenvalue weighted by atomic mass is 16.5. The number of esters is 1. The molecular formula is C22H34N4O3. The van der Waals surface area contributed by atoms with Gasteiger partial charge in [-0.25, -0.2) is 9.78 Å². The minimum absolute atomic E-state index is 0.246. The Balaban J connectivity index is 2.60. The molecule has 0 saturated heterocycles. The molecule has 0 spiro atoms. The van der Waals surface area contributed by atoms with Crippen LogP contribution in [0.4, 0.5) is 11.4 Å². The van der Waals surface area contributed by atoms with Crippen LogP contribution in [0.5, 0.6) is 0 Å². The fourth-order valence-electron chi connectivity index (χ4n) is 3.57. The second-order valence-electron chi connectivity index (χ2n) is 8.50. The summed E-state index contributed by atoms with van der Waals surface area (Å²) in [7, 11) is 1.35. The van der Waals surface area contributed by atoms with Crippen molar-refractivity contribution in [2.75, 3.05) is 17.7 Å². The van der Waals surface area contributed by atoms with Crippen molar-refractivity contribution >= 4 is 34.3 Å². The number of nitrogens with one attached hydrogen (secondary N) is 2. The molecule has 2 rings (SSSR count). The van der Waals surface area contributed by atoms with Crippen LogP contribution in [-0.4, -0.2) is 34.6 Å². The van der Waals surface area contributed by atoms with Crippen LogP contribution in [0.15, 0.2) is 12.3 Å². The first-order chi connectivity index (χ1) is 13.6. The maximum Gasteiger partial charge on any atom is 0.356 e. The molecule has 0 aromatic carbocycles. The Kier molecular flexibility index (Phi) is 7.65. The van der Waals surface area contributed by atoms with Gasteiger partial charge in [-0.2, -0.15) is 0 Å². The number of aromatic nitrogens is 2. The van der Waals surface area contributed by atoms with Gasteiger partial charge in [0.1, 0.15) is 5.65 Å². The third-order valence-electron chi connectivity index (χ3n) is 4.75. The van der Waals surface area contributed by atoms with Crippen LogP contribution in [0.2, 0.25) is 0 Å². The number of nitrogens with zero attached hydrogens (tertiary/aromatic N) is 2. The standard InChI is InChI=1S/C22H34N4O3/c1-13(2)8-9-26-20(22(28)29-7)19(25-16(6)27)18-11-17(12-23-21(18)26)24-15(5)10-14(3)4/h11-15,24H,8-10H2,1-7H3,(H,25,27). The molecule has 0 aliphatic heterocycles. The highest BCUT2D eigenvalue weighted by molar-refractivity contribution is 6.10. The molecule has 2 aromatic heterocycles. The number of rotatable bonds is 9. The molecule has 0 radical (unpaired) electrons. The van der Waals surface area contributed by atoms with Gasteiger partial charge in [-0.1, -0.05) is 27.7 Å². The molecule has 7 nitrogen and oxygen atoms in total. The molecule has 2 aromatic rings. The topological polar surface area (TPSA) is 85.2 Å². The molecule has 29 heavy (non-hydrogen) atoms. The van der Waals surface area contributed by atoms with Crippen molar-refractivity contribution < 1.29 is 14.3 Å². The fraction of sp³-hybridized carbons (Fsp3) is 0.591. The molecule has 0 fully saturated rings. The van der Waals surface area contributed by atoms with E-state index in [1.807, 2.05) is 10.6 Å². The van der Waals surface area contributed by atoms with Crippen LogP contribution in [0.1, 0.15) is 64.9 Å². The third-order valence-corrected chi connectivity index (χ3v) is 4.75. The summed E-state index contributed by atoms with van der Waals surface area (Å²) in [6, 6.07) is 2.23. The number of ether oxygens (including phenoxy) is 1. The van der Waals surface area contributed by atoms with E-state index < -0.39 is 5.97 Å². The van der Waals surface area contributed by atoms with Crippen LogP contribution in [-0.2, 0) is 16.1 Å². The number of pyridine rings is 1. The highest BCUT2D eigenvalue weighted by Gasteiger charge is 2.25. The van der Waals surface area contributed by atoms with Crippen molar-refractivity contribution in [3.8, 4) is 0 Å². The average Bonchev–Trinajstić information content (AvgIpc) is 2.91. The summed E-state index contributed by atoms with van der Waals surface area (Å²) < 4.78 is 6.87. The normalized spacial score (nSPS) is 12.4. The predicted octanol–water partition coefficient (Wildman–Crippen LogP) is 4.67. The lowest BCUT2D eigenvalue weighted by Crippen LogP contribution is -2.17. The van der Waals surface area contributed by atoms with Gasteiger partial charge in [0.2, 0.25) is 5.91 Å². The molecule has 160 valence electrons. The Morgan fingerprint density at radius 1 is 1.17 bits per heavy atom. The van der Waals surface area contributed by atoms with Gasteiger partial charge in [-0.3, -0.25) is 4.79 Å². The van der Waals surface area contributed by atoms with E-state index in [-0.39, 0.29) is 11.9 Å². The van der Waals surface area contributed by atoms with Crippen molar-refractivity contribution in [3.63, 3.8) is 0 Å². The monoisotopic (exact) mass is 402 g/mol. The summed E-state index contributed by atoms with van der Waals surface area (Å²) in [6.07, 6.45) is 3.68. The molecule has 1 unspecified atom stereocenters. The molecule has 0 bridgehead atoms. The molecule has 1 atom stereocenters. The van der Waals surface area contributed by atoms with Crippen LogP contribution < -0.4 is 10.6 Å². The largest absolute Gasteiger partial charge is 0.464 e. The number of carbonyl (C=O) groups excluding carboxylic acids is 2. The fourth-order valence-corrected chi connectivity index (χ4v) is 3.57. The first kappa shape index (κ1) is 22.7. The number of hydrogen-bond acceptors (Lipinski definition) is 5. The van der Waals surface area contributed by atoms with Crippen LogP contribution >= 0.6 is 0 Å². The molecule has 0 saturated carbocycles. The predicted molar refractivity (Wildman–Crippen MR) is 117 cm³/mol. The lowest BCUT2D eigenvalue weighted by molar-refractivity contribution is -0.114. The highest BCUT2D eigenvalue weighted by Crippen LogP contribution is 2.33. The number of hydrogen-bond donors (Lipinski definition) is 2. The number of aryl methyl sites for hydroxylation is 1. The van der Waals surface area contributed by atoms with Crippen LogP contribution in [0.25, 0.3) is 11.0 Å². The van der Waals surface area contributed by atoms with Gasteiger partial charge in [0, 0.05) is 24.9 Å². The Hall–Kier alpha value is -2.57. The van der Waals surface area contributed by atoms with E-state index in [1.54, 1.807) is 6.20 Å². The van der Waals surface area contributed by atoms with Crippen molar-refractivity contribution in [2.45, 2.75) is 67.0 Å². The van der Waals surface area contributed by atoms with E-state index >= 15 is 0 Å². The van der Waals surface area contributed by atoms with Crippen molar-refractivity contribution in [3.05, 3.63) is 18.0 Å². The van der Waals surface area contributed by atoms with Gasteiger partial charge in [0.25, 0.3) is 0 Å². The Bertz CT molecular complexity index is 871. The number of anilines is 2. The average molecular weight is 403 g/mol. The smallest absolute Gasteiger partial charge is 0.356 e. The number of fused-ring (bicyclic) bond motifs is 1.